The minimum Gasteiger partial charge on any atom is -0.494 e. The number of aliphatic hydroxyl groups excluding tert-OH is 1. The molecule has 1 atom stereocenters. The van der Waals surface area contributed by atoms with E-state index in [1.165, 1.54) is 23.1 Å². The van der Waals surface area contributed by atoms with Crippen molar-refractivity contribution in [1.29, 1.82) is 0 Å². The highest BCUT2D eigenvalue weighted by Gasteiger charge is 2.19. The van der Waals surface area contributed by atoms with E-state index in [1.807, 2.05) is 26.0 Å². The quantitative estimate of drug-likeness (QED) is 0.754. The fourth-order valence-electron chi connectivity index (χ4n) is 4.16. The van der Waals surface area contributed by atoms with Crippen LogP contribution in [-0.4, -0.2) is 36.1 Å². The van der Waals surface area contributed by atoms with Crippen LogP contribution in [0.1, 0.15) is 42.5 Å². The van der Waals surface area contributed by atoms with E-state index in [0.29, 0.717) is 13.2 Å². The summed E-state index contributed by atoms with van der Waals surface area (Å²) in [6.07, 6.45) is 3.11. The molecule has 0 saturated carbocycles. The lowest BCUT2D eigenvalue weighted by Gasteiger charge is -2.25. The first kappa shape index (κ1) is 19.1. The molecule has 2 aromatic carbocycles. The van der Waals surface area contributed by atoms with E-state index in [0.717, 1.165) is 48.7 Å². The summed E-state index contributed by atoms with van der Waals surface area (Å²) in [6, 6.07) is 10.6. The van der Waals surface area contributed by atoms with Crippen molar-refractivity contribution in [2.45, 2.75) is 52.3 Å². The summed E-state index contributed by atoms with van der Waals surface area (Å²) in [4.78, 5) is 2.27. The second kappa shape index (κ2) is 8.41. The Morgan fingerprint density at radius 1 is 1.07 bits per heavy atom. The first-order valence-electron chi connectivity index (χ1n) is 10.2. The third kappa shape index (κ3) is 4.26. The van der Waals surface area contributed by atoms with Crippen molar-refractivity contribution >= 4 is 0 Å². The number of aliphatic hydroxyl groups is 1. The Morgan fingerprint density at radius 3 is 2.64 bits per heavy atom. The fourth-order valence-corrected chi connectivity index (χ4v) is 4.16. The molecule has 0 bridgehead atoms. The van der Waals surface area contributed by atoms with Gasteiger partial charge in [0.2, 0.25) is 6.79 Å². The zero-order chi connectivity index (χ0) is 19.5. The van der Waals surface area contributed by atoms with Crippen molar-refractivity contribution in [3.63, 3.8) is 0 Å². The molecular formula is C23H29NO4. The number of fused-ring (bicyclic) bond motifs is 2. The molecule has 0 unspecified atom stereocenters. The van der Waals surface area contributed by atoms with E-state index in [4.69, 9.17) is 14.2 Å². The van der Waals surface area contributed by atoms with Crippen molar-refractivity contribution < 1.29 is 19.3 Å². The Balaban J connectivity index is 1.56. The van der Waals surface area contributed by atoms with Gasteiger partial charge in [-0.05, 0) is 68.0 Å². The second-order valence-corrected chi connectivity index (χ2v) is 7.72. The maximum atomic E-state index is 10.0. The molecule has 5 heteroatoms. The van der Waals surface area contributed by atoms with Crippen LogP contribution >= 0.6 is 0 Å². The van der Waals surface area contributed by atoms with Crippen LogP contribution in [0, 0.1) is 0 Å². The average Bonchev–Trinajstić information content (AvgIpc) is 3.29. The van der Waals surface area contributed by atoms with Crippen LogP contribution < -0.4 is 14.2 Å². The number of ether oxygens (including phenoxy) is 3. The minimum absolute atomic E-state index is 0.281. The Hall–Kier alpha value is -2.24. The van der Waals surface area contributed by atoms with Crippen molar-refractivity contribution in [2.24, 2.45) is 0 Å². The average molecular weight is 383 g/mol. The van der Waals surface area contributed by atoms with Gasteiger partial charge in [-0.3, -0.25) is 4.90 Å². The van der Waals surface area contributed by atoms with Gasteiger partial charge in [0, 0.05) is 25.2 Å². The highest BCUT2D eigenvalue weighted by Crippen LogP contribution is 2.34. The van der Waals surface area contributed by atoms with Crippen molar-refractivity contribution in [1.82, 2.24) is 4.90 Å². The Bertz CT molecular complexity index is 834. The molecular weight excluding hydrogens is 354 g/mol. The van der Waals surface area contributed by atoms with E-state index >= 15 is 0 Å². The maximum absolute atomic E-state index is 10.0. The molecule has 0 spiro atoms. The van der Waals surface area contributed by atoms with Crippen molar-refractivity contribution in [2.75, 3.05) is 19.9 Å². The molecule has 2 aliphatic rings. The van der Waals surface area contributed by atoms with Crippen LogP contribution in [0.5, 0.6) is 17.2 Å². The van der Waals surface area contributed by atoms with Gasteiger partial charge in [-0.25, -0.2) is 0 Å². The van der Waals surface area contributed by atoms with Crippen molar-refractivity contribution in [3.8, 4) is 17.2 Å². The first-order chi connectivity index (χ1) is 13.6. The van der Waals surface area contributed by atoms with Gasteiger partial charge in [-0.2, -0.15) is 0 Å². The van der Waals surface area contributed by atoms with Gasteiger partial charge in [-0.1, -0.05) is 12.1 Å². The summed E-state index contributed by atoms with van der Waals surface area (Å²) < 4.78 is 16.9. The summed E-state index contributed by atoms with van der Waals surface area (Å²) in [7, 11) is 0. The van der Waals surface area contributed by atoms with Crippen LogP contribution in [0.25, 0.3) is 0 Å². The lowest BCUT2D eigenvalue weighted by atomic mass is 10.0. The van der Waals surface area contributed by atoms with E-state index in [1.54, 1.807) is 0 Å². The van der Waals surface area contributed by atoms with Crippen LogP contribution in [0.3, 0.4) is 0 Å². The molecule has 0 aromatic heterocycles. The molecule has 0 saturated heterocycles. The molecule has 1 N–H and O–H groups in total. The molecule has 4 rings (SSSR count). The molecule has 5 nitrogen and oxygen atoms in total. The lowest BCUT2D eigenvalue weighted by Crippen LogP contribution is -2.30. The zero-order valence-corrected chi connectivity index (χ0v) is 16.7. The summed E-state index contributed by atoms with van der Waals surface area (Å²) in [5.74, 6) is 2.56. The van der Waals surface area contributed by atoms with Crippen LogP contribution in [0.2, 0.25) is 0 Å². The van der Waals surface area contributed by atoms with Crippen LogP contribution in [0.15, 0.2) is 30.3 Å². The Kier molecular flexibility index (Phi) is 5.74. The van der Waals surface area contributed by atoms with Gasteiger partial charge in [-0.15, -0.1) is 0 Å². The second-order valence-electron chi connectivity index (χ2n) is 7.72. The summed E-state index contributed by atoms with van der Waals surface area (Å²) in [6.45, 7) is 6.85. The normalized spacial score (nSPS) is 15.7. The molecule has 28 heavy (non-hydrogen) atoms. The van der Waals surface area contributed by atoms with Gasteiger partial charge < -0.3 is 19.3 Å². The molecule has 150 valence electrons. The fraction of sp³-hybridized carbons (Fsp3) is 0.478. The maximum Gasteiger partial charge on any atom is 0.231 e. The molecule has 1 aliphatic heterocycles. The van der Waals surface area contributed by atoms with E-state index in [2.05, 4.69) is 23.1 Å². The standard InChI is InChI=1S/C23H29NO4/c1-3-26-22-11-19-6-4-5-18(19)10-20(22)14-24(12-16(2)25)13-17-7-8-21-23(9-17)28-15-27-21/h7-11,16,25H,3-6,12-15H2,1-2H3/t16-/m0/s1. The van der Waals surface area contributed by atoms with Gasteiger partial charge in [0.05, 0.1) is 12.7 Å². The minimum atomic E-state index is -0.404. The number of hydrogen-bond donors (Lipinski definition) is 1. The third-order valence-corrected chi connectivity index (χ3v) is 5.33. The number of benzene rings is 2. The van der Waals surface area contributed by atoms with Gasteiger partial charge in [0.15, 0.2) is 11.5 Å². The number of hydrogen-bond acceptors (Lipinski definition) is 5. The Labute approximate surface area is 166 Å². The molecule has 0 amide bonds. The number of rotatable bonds is 8. The van der Waals surface area contributed by atoms with Gasteiger partial charge in [0.1, 0.15) is 5.75 Å². The summed E-state index contributed by atoms with van der Waals surface area (Å²) in [5.41, 5.74) is 5.21. The predicted octanol–water partition coefficient (Wildman–Crippen LogP) is 3.69. The molecule has 1 aliphatic carbocycles. The Morgan fingerprint density at radius 2 is 1.86 bits per heavy atom. The summed E-state index contributed by atoms with van der Waals surface area (Å²) in [5, 5.41) is 10.0. The van der Waals surface area contributed by atoms with Crippen molar-refractivity contribution in [3.05, 3.63) is 52.6 Å². The number of aryl methyl sites for hydroxylation is 2. The van der Waals surface area contributed by atoms with E-state index in [9.17, 15) is 5.11 Å². The highest BCUT2D eigenvalue weighted by molar-refractivity contribution is 5.46. The van der Waals surface area contributed by atoms with E-state index in [-0.39, 0.29) is 6.79 Å². The van der Waals surface area contributed by atoms with Gasteiger partial charge >= 0.3 is 0 Å². The van der Waals surface area contributed by atoms with E-state index < -0.39 is 6.10 Å². The smallest absolute Gasteiger partial charge is 0.231 e. The third-order valence-electron chi connectivity index (χ3n) is 5.33. The van der Waals surface area contributed by atoms with Crippen LogP contribution in [-0.2, 0) is 25.9 Å². The lowest BCUT2D eigenvalue weighted by molar-refractivity contribution is 0.117. The largest absolute Gasteiger partial charge is 0.494 e. The summed E-state index contributed by atoms with van der Waals surface area (Å²) >= 11 is 0. The SMILES string of the molecule is CCOc1cc2c(cc1CN(Cc1ccc3c(c1)OCO3)C[C@H](C)O)CCC2. The highest BCUT2D eigenvalue weighted by atomic mass is 16.7. The molecule has 1 heterocycles. The zero-order valence-electron chi connectivity index (χ0n) is 16.7. The topological polar surface area (TPSA) is 51.2 Å². The predicted molar refractivity (Wildman–Crippen MR) is 108 cm³/mol. The molecule has 0 fully saturated rings. The molecule has 0 radical (unpaired) electrons. The first-order valence-corrected chi connectivity index (χ1v) is 10.2. The van der Waals surface area contributed by atoms with Crippen LogP contribution in [0.4, 0.5) is 0 Å². The monoisotopic (exact) mass is 383 g/mol. The number of nitrogens with zero attached hydrogens (tertiary/aromatic N) is 1. The van der Waals surface area contributed by atoms with Gasteiger partial charge in [0.25, 0.3) is 0 Å². The molecule has 2 aromatic rings.